The number of nitrogens with zero attached hydrogens (tertiary/aromatic N) is 5. The summed E-state index contributed by atoms with van der Waals surface area (Å²) in [7, 11) is 3.40. The first kappa shape index (κ1) is 32.8. The van der Waals surface area contributed by atoms with Crippen molar-refractivity contribution in [1.82, 2.24) is 19.4 Å². The molecule has 0 saturated carbocycles. The number of anilines is 1. The monoisotopic (exact) mass is 655 g/mol. The second-order valence-corrected chi connectivity index (χ2v) is 11.9. The number of rotatable bonds is 8. The van der Waals surface area contributed by atoms with Gasteiger partial charge in [0.1, 0.15) is 11.4 Å². The topological polar surface area (TPSA) is 70.9 Å². The number of piperazine rings is 1. The number of aryl methyl sites for hydroxylation is 2. The molecule has 1 aliphatic heterocycles. The molecule has 0 aliphatic carbocycles. The Morgan fingerprint density at radius 1 is 0.875 bits per heavy atom. The highest BCUT2D eigenvalue weighted by molar-refractivity contribution is 6.05. The molecule has 3 aromatic carbocycles. The van der Waals surface area contributed by atoms with Crippen LogP contribution in [0.15, 0.2) is 91.1 Å². The largest absolute Gasteiger partial charge is 0.439 e. The van der Waals surface area contributed by atoms with Crippen LogP contribution in [0.1, 0.15) is 44.5 Å². The van der Waals surface area contributed by atoms with Crippen LogP contribution in [0.2, 0.25) is 0 Å². The molecule has 5 aromatic rings. The van der Waals surface area contributed by atoms with E-state index in [0.717, 1.165) is 61.2 Å². The summed E-state index contributed by atoms with van der Waals surface area (Å²) in [5, 5.41) is 0.853. The SMILES string of the molecule is CCc1ccc(CN2CCN(C(=O)c3cc4cc(Oc5ccc(N(C)C(=O)c6ccc(C(F)(F)F)cc6)cn5)ccc4n3C)CC2)cc1. The molecule has 48 heavy (non-hydrogen) atoms. The number of hydrogen-bond donors (Lipinski definition) is 0. The molecule has 248 valence electrons. The molecule has 11 heteroatoms. The van der Waals surface area contributed by atoms with Gasteiger partial charge in [0.15, 0.2) is 0 Å². The van der Waals surface area contributed by atoms with Gasteiger partial charge in [-0.2, -0.15) is 13.2 Å². The molecule has 0 spiro atoms. The molecule has 0 bridgehead atoms. The Morgan fingerprint density at radius 3 is 2.19 bits per heavy atom. The maximum atomic E-state index is 13.6. The molecule has 1 saturated heterocycles. The molecule has 0 radical (unpaired) electrons. The number of hydrogen-bond acceptors (Lipinski definition) is 5. The Kier molecular flexibility index (Phi) is 9.23. The lowest BCUT2D eigenvalue weighted by molar-refractivity contribution is -0.137. The quantitative estimate of drug-likeness (QED) is 0.177. The number of ether oxygens (including phenoxy) is 1. The van der Waals surface area contributed by atoms with E-state index in [1.165, 1.54) is 29.3 Å². The molecular weight excluding hydrogens is 619 g/mol. The Bertz CT molecular complexity index is 1910. The first-order chi connectivity index (χ1) is 23.0. The average molecular weight is 656 g/mol. The third-order valence-corrected chi connectivity index (χ3v) is 8.82. The zero-order valence-corrected chi connectivity index (χ0v) is 27.0. The summed E-state index contributed by atoms with van der Waals surface area (Å²) < 4.78 is 46.5. The number of amides is 2. The summed E-state index contributed by atoms with van der Waals surface area (Å²) in [4.78, 5) is 36.3. The summed E-state index contributed by atoms with van der Waals surface area (Å²) in [6.45, 7) is 5.97. The second-order valence-electron chi connectivity index (χ2n) is 11.9. The van der Waals surface area contributed by atoms with Crippen LogP contribution in [0, 0.1) is 0 Å². The average Bonchev–Trinajstić information content (AvgIpc) is 3.43. The Morgan fingerprint density at radius 2 is 1.56 bits per heavy atom. The van der Waals surface area contributed by atoms with Gasteiger partial charge in [-0.15, -0.1) is 0 Å². The van der Waals surface area contributed by atoms with Gasteiger partial charge >= 0.3 is 6.18 Å². The van der Waals surface area contributed by atoms with Crippen molar-refractivity contribution in [3.05, 3.63) is 119 Å². The number of halogens is 3. The van der Waals surface area contributed by atoms with Gasteiger partial charge in [-0.25, -0.2) is 4.98 Å². The summed E-state index contributed by atoms with van der Waals surface area (Å²) in [5.41, 5.74) is 3.86. The number of pyridine rings is 1. The van der Waals surface area contributed by atoms with Crippen molar-refractivity contribution in [2.45, 2.75) is 26.1 Å². The minimum absolute atomic E-state index is 0.00432. The highest BCUT2D eigenvalue weighted by Crippen LogP contribution is 2.30. The van der Waals surface area contributed by atoms with E-state index in [4.69, 9.17) is 4.74 Å². The van der Waals surface area contributed by atoms with Crippen LogP contribution in [-0.4, -0.2) is 64.4 Å². The fraction of sp³-hybridized carbons (Fsp3) is 0.270. The molecule has 2 amide bonds. The van der Waals surface area contributed by atoms with Crippen LogP contribution >= 0.6 is 0 Å². The molecule has 0 N–H and O–H groups in total. The van der Waals surface area contributed by atoms with Gasteiger partial charge in [-0.3, -0.25) is 14.5 Å². The van der Waals surface area contributed by atoms with Crippen LogP contribution in [0.25, 0.3) is 10.9 Å². The smallest absolute Gasteiger partial charge is 0.416 e. The van der Waals surface area contributed by atoms with Crippen molar-refractivity contribution >= 4 is 28.4 Å². The van der Waals surface area contributed by atoms with Crippen molar-refractivity contribution in [1.29, 1.82) is 0 Å². The van der Waals surface area contributed by atoms with Crippen molar-refractivity contribution in [3.63, 3.8) is 0 Å². The van der Waals surface area contributed by atoms with Crippen LogP contribution in [0.5, 0.6) is 11.6 Å². The minimum Gasteiger partial charge on any atom is -0.439 e. The first-order valence-electron chi connectivity index (χ1n) is 15.8. The van der Waals surface area contributed by atoms with Gasteiger partial charge in [0.05, 0.1) is 17.4 Å². The zero-order valence-electron chi connectivity index (χ0n) is 27.0. The van der Waals surface area contributed by atoms with Gasteiger partial charge in [0, 0.05) is 69.4 Å². The van der Waals surface area contributed by atoms with E-state index in [9.17, 15) is 22.8 Å². The van der Waals surface area contributed by atoms with Gasteiger partial charge < -0.3 is 19.1 Å². The van der Waals surface area contributed by atoms with E-state index in [1.54, 1.807) is 18.2 Å². The van der Waals surface area contributed by atoms with Gasteiger partial charge in [-0.1, -0.05) is 31.2 Å². The number of carbonyl (C=O) groups is 2. The molecule has 1 fully saturated rings. The molecule has 0 atom stereocenters. The molecule has 3 heterocycles. The van der Waals surface area contributed by atoms with Crippen LogP contribution in [-0.2, 0) is 26.2 Å². The summed E-state index contributed by atoms with van der Waals surface area (Å²) in [6.07, 6.45) is -1.99. The fourth-order valence-electron chi connectivity index (χ4n) is 5.87. The molecule has 8 nitrogen and oxygen atoms in total. The summed E-state index contributed by atoms with van der Waals surface area (Å²) in [5.74, 6) is 0.343. The van der Waals surface area contributed by atoms with E-state index in [0.29, 0.717) is 36.1 Å². The lowest BCUT2D eigenvalue weighted by atomic mass is 10.1. The number of alkyl halides is 3. The first-order valence-corrected chi connectivity index (χ1v) is 15.8. The second kappa shape index (κ2) is 13.5. The van der Waals surface area contributed by atoms with Gasteiger partial charge in [0.25, 0.3) is 11.8 Å². The highest BCUT2D eigenvalue weighted by atomic mass is 19.4. The van der Waals surface area contributed by atoms with E-state index in [2.05, 4.69) is 41.1 Å². The molecule has 2 aromatic heterocycles. The Hall–Kier alpha value is -5.16. The molecule has 6 rings (SSSR count). The van der Waals surface area contributed by atoms with Crippen molar-refractivity contribution < 1.29 is 27.5 Å². The van der Waals surface area contributed by atoms with E-state index in [-0.39, 0.29) is 11.5 Å². The zero-order chi connectivity index (χ0) is 34.0. The number of aromatic nitrogens is 2. The van der Waals surface area contributed by atoms with Crippen molar-refractivity contribution in [2.24, 2.45) is 7.05 Å². The van der Waals surface area contributed by atoms with Crippen LogP contribution < -0.4 is 9.64 Å². The maximum absolute atomic E-state index is 13.6. The standard InChI is InChI=1S/C37H36F3N5O3/c1-4-25-5-7-26(8-6-25)24-44-17-19-45(20-18-44)36(47)33-22-28-21-31(14-15-32(28)43(33)3)48-34-16-13-30(23-41-34)42(2)35(46)27-9-11-29(12-10-27)37(38,39)40/h5-16,21-23H,4,17-20,24H2,1-3H3. The van der Waals surface area contributed by atoms with E-state index in [1.807, 2.05) is 34.7 Å². The number of benzene rings is 3. The van der Waals surface area contributed by atoms with E-state index >= 15 is 0 Å². The lowest BCUT2D eigenvalue weighted by Crippen LogP contribution is -2.48. The fourth-order valence-corrected chi connectivity index (χ4v) is 5.87. The minimum atomic E-state index is -4.48. The third-order valence-electron chi connectivity index (χ3n) is 8.82. The Balaban J connectivity index is 1.07. The van der Waals surface area contributed by atoms with Crippen molar-refractivity contribution in [3.8, 4) is 11.6 Å². The summed E-state index contributed by atoms with van der Waals surface area (Å²) >= 11 is 0. The summed E-state index contributed by atoms with van der Waals surface area (Å²) in [6, 6.07) is 23.5. The number of fused-ring (bicyclic) bond motifs is 1. The van der Waals surface area contributed by atoms with Gasteiger partial charge in [0.2, 0.25) is 5.88 Å². The lowest BCUT2D eigenvalue weighted by Gasteiger charge is -2.34. The normalized spacial score (nSPS) is 13.9. The van der Waals surface area contributed by atoms with Crippen LogP contribution in [0.4, 0.5) is 18.9 Å². The third kappa shape index (κ3) is 7.06. The van der Waals surface area contributed by atoms with Gasteiger partial charge in [-0.05, 0) is 72.1 Å². The maximum Gasteiger partial charge on any atom is 0.416 e. The predicted molar refractivity (Wildman–Crippen MR) is 178 cm³/mol. The molecular formula is C37H36F3N5O3. The highest BCUT2D eigenvalue weighted by Gasteiger charge is 2.30. The molecule has 0 unspecified atom stereocenters. The molecule has 1 aliphatic rings. The predicted octanol–water partition coefficient (Wildman–Crippen LogP) is 7.18. The van der Waals surface area contributed by atoms with Crippen molar-refractivity contribution in [2.75, 3.05) is 38.1 Å². The Labute approximate surface area is 277 Å². The van der Waals surface area contributed by atoms with Crippen LogP contribution in [0.3, 0.4) is 0 Å². The number of carbonyl (C=O) groups excluding carboxylic acids is 2. The van der Waals surface area contributed by atoms with E-state index < -0.39 is 17.6 Å².